The number of carbonyl (C=O) groups excluding carboxylic acids is 3. The summed E-state index contributed by atoms with van der Waals surface area (Å²) in [6.07, 6.45) is 1.33. The van der Waals surface area contributed by atoms with Gasteiger partial charge in [-0.25, -0.2) is 9.78 Å². The van der Waals surface area contributed by atoms with E-state index < -0.39 is 22.9 Å². The molecule has 0 radical (unpaired) electrons. The largest absolute Gasteiger partial charge is 0.462 e. The number of amides is 2. The molecule has 2 aromatic rings. The van der Waals surface area contributed by atoms with Gasteiger partial charge in [0.15, 0.2) is 22.1 Å². The Morgan fingerprint density at radius 3 is 2.60 bits per heavy atom. The minimum Gasteiger partial charge on any atom is -0.462 e. The second-order valence-electron chi connectivity index (χ2n) is 5.98. The predicted octanol–water partition coefficient (Wildman–Crippen LogP) is 1.54. The first-order chi connectivity index (χ1) is 14.5. The highest BCUT2D eigenvalue weighted by Gasteiger charge is 2.21. The van der Waals surface area contributed by atoms with Gasteiger partial charge in [-0.3, -0.25) is 14.9 Å². The summed E-state index contributed by atoms with van der Waals surface area (Å²) >= 11 is 0.669. The van der Waals surface area contributed by atoms with Crippen molar-refractivity contribution in [3.05, 3.63) is 41.2 Å². The number of halogens is 1. The van der Waals surface area contributed by atoms with Crippen molar-refractivity contribution in [1.29, 1.82) is 0 Å². The van der Waals surface area contributed by atoms with Crippen LogP contribution in [0.3, 0.4) is 0 Å². The second kappa shape index (κ2) is 9.89. The Morgan fingerprint density at radius 1 is 1.23 bits per heavy atom. The lowest BCUT2D eigenvalue weighted by molar-refractivity contribution is -0.150. The molecule has 2 amide bonds. The molecular formula is C18H17FN4O6S. The van der Waals surface area contributed by atoms with Crippen molar-refractivity contribution in [2.45, 2.75) is 12.5 Å². The van der Waals surface area contributed by atoms with Crippen LogP contribution in [0.2, 0.25) is 0 Å². The summed E-state index contributed by atoms with van der Waals surface area (Å²) in [4.78, 5) is 44.6. The van der Waals surface area contributed by atoms with E-state index in [1.54, 1.807) is 0 Å². The van der Waals surface area contributed by atoms with Gasteiger partial charge in [0.1, 0.15) is 0 Å². The van der Waals surface area contributed by atoms with Gasteiger partial charge in [-0.1, -0.05) is 28.6 Å². The molecule has 1 saturated heterocycles. The molecule has 0 unspecified atom stereocenters. The number of nitrogens with one attached hydrogen (secondary N) is 2. The maximum absolute atomic E-state index is 13.2. The molecular weight excluding hydrogens is 419 g/mol. The minimum absolute atomic E-state index is 0.0661. The number of rotatable bonds is 6. The normalized spacial score (nSPS) is 16.1. The van der Waals surface area contributed by atoms with Crippen LogP contribution in [0.25, 0.3) is 0 Å². The summed E-state index contributed by atoms with van der Waals surface area (Å²) in [6.45, 7) is 0.892. The molecule has 1 aliphatic rings. The fraction of sp³-hybridized carbons (Fsp3) is 0.278. The number of benzene rings is 1. The van der Waals surface area contributed by atoms with Gasteiger partial charge in [-0.15, -0.1) is 0 Å². The smallest absolute Gasteiger partial charge is 0.396 e. The highest BCUT2D eigenvalue weighted by atomic mass is 32.1. The van der Waals surface area contributed by atoms with Crippen molar-refractivity contribution in [3.63, 3.8) is 0 Å². The van der Waals surface area contributed by atoms with Crippen molar-refractivity contribution in [2.75, 3.05) is 31.0 Å². The van der Waals surface area contributed by atoms with Crippen LogP contribution in [0.1, 0.15) is 12.0 Å². The maximum Gasteiger partial charge on any atom is 0.396 e. The highest BCUT2D eigenvalue weighted by Crippen LogP contribution is 2.18. The fourth-order valence-electron chi connectivity index (χ4n) is 2.40. The lowest BCUT2D eigenvalue weighted by Crippen LogP contribution is -2.25. The number of thiazole rings is 1. The molecule has 2 heterocycles. The van der Waals surface area contributed by atoms with Crippen molar-refractivity contribution in [2.24, 2.45) is 5.16 Å². The van der Waals surface area contributed by atoms with E-state index in [9.17, 15) is 18.8 Å². The zero-order valence-electron chi connectivity index (χ0n) is 15.7. The topological polar surface area (TPSA) is 128 Å². The van der Waals surface area contributed by atoms with Gasteiger partial charge in [-0.2, -0.15) is 4.39 Å². The summed E-state index contributed by atoms with van der Waals surface area (Å²) in [6, 6.07) is 5.95. The number of hydrogen-bond donors (Lipinski definition) is 2. The molecule has 12 heteroatoms. The molecule has 1 aliphatic heterocycles. The van der Waals surface area contributed by atoms with Crippen molar-refractivity contribution >= 4 is 45.7 Å². The number of oxime groups is 1. The highest BCUT2D eigenvalue weighted by molar-refractivity contribution is 7.14. The van der Waals surface area contributed by atoms with E-state index in [4.69, 9.17) is 9.57 Å². The quantitative estimate of drug-likeness (QED) is 0.304. The molecule has 0 aliphatic carbocycles. The van der Waals surface area contributed by atoms with Crippen molar-refractivity contribution in [1.82, 2.24) is 4.98 Å². The number of ether oxygens (including phenoxy) is 2. The van der Waals surface area contributed by atoms with Crippen LogP contribution in [-0.4, -0.2) is 54.9 Å². The molecule has 158 valence electrons. The van der Waals surface area contributed by atoms with Crippen molar-refractivity contribution in [3.8, 4) is 0 Å². The zero-order chi connectivity index (χ0) is 21.5. The van der Waals surface area contributed by atoms with Gasteiger partial charge in [0, 0.05) is 17.7 Å². The summed E-state index contributed by atoms with van der Waals surface area (Å²) in [5, 5.41) is 8.29. The third-order valence-electron chi connectivity index (χ3n) is 3.88. The molecule has 30 heavy (non-hydrogen) atoms. The fourth-order valence-corrected chi connectivity index (χ4v) is 2.94. The Kier molecular flexibility index (Phi) is 7.03. The van der Waals surface area contributed by atoms with Gasteiger partial charge in [-0.05, 0) is 12.1 Å². The van der Waals surface area contributed by atoms with Crippen LogP contribution < -0.4 is 10.6 Å². The maximum atomic E-state index is 13.2. The molecule has 0 bridgehead atoms. The third kappa shape index (κ3) is 5.58. The summed E-state index contributed by atoms with van der Waals surface area (Å²) in [5.74, 6) is -2.63. The molecule has 1 fully saturated rings. The number of nitrogens with zero attached hydrogens (tertiary/aromatic N) is 2. The summed E-state index contributed by atoms with van der Waals surface area (Å²) in [5.41, 5.74) is 0.587. The van der Waals surface area contributed by atoms with Crippen LogP contribution in [0.15, 0.2) is 35.6 Å². The van der Waals surface area contributed by atoms with Gasteiger partial charge in [0.2, 0.25) is 0 Å². The van der Waals surface area contributed by atoms with Gasteiger partial charge in [0.25, 0.3) is 5.91 Å². The summed E-state index contributed by atoms with van der Waals surface area (Å²) in [7, 11) is 1.09. The monoisotopic (exact) mass is 436 g/mol. The molecule has 0 saturated carbocycles. The van der Waals surface area contributed by atoms with E-state index >= 15 is 0 Å². The zero-order valence-corrected chi connectivity index (χ0v) is 16.5. The Labute approximate surface area is 174 Å². The van der Waals surface area contributed by atoms with E-state index in [-0.39, 0.29) is 16.9 Å². The first-order valence-electron chi connectivity index (χ1n) is 8.70. The number of esters is 1. The van der Waals surface area contributed by atoms with E-state index in [0.29, 0.717) is 42.2 Å². The van der Waals surface area contributed by atoms with Crippen molar-refractivity contribution < 1.29 is 33.1 Å². The van der Waals surface area contributed by atoms with Gasteiger partial charge >= 0.3 is 11.9 Å². The molecule has 1 atom stereocenters. The first-order valence-corrected chi connectivity index (χ1v) is 9.52. The first kappa shape index (κ1) is 21.3. The predicted molar refractivity (Wildman–Crippen MR) is 105 cm³/mol. The lowest BCUT2D eigenvalue weighted by Gasteiger charge is -2.10. The van der Waals surface area contributed by atoms with Crippen LogP contribution >= 0.6 is 11.3 Å². The van der Waals surface area contributed by atoms with Crippen LogP contribution in [0.4, 0.5) is 15.2 Å². The Hall–Kier alpha value is -3.38. The van der Waals surface area contributed by atoms with Gasteiger partial charge in [0.05, 0.1) is 26.5 Å². The number of anilines is 2. The second-order valence-corrected chi connectivity index (χ2v) is 6.96. The third-order valence-corrected chi connectivity index (χ3v) is 4.58. The minimum atomic E-state index is -1.04. The van der Waals surface area contributed by atoms with Gasteiger partial charge < -0.3 is 19.6 Å². The Bertz CT molecular complexity index is 956. The van der Waals surface area contributed by atoms with E-state index in [1.165, 1.54) is 24.3 Å². The number of methoxy groups -OCH3 is 1. The van der Waals surface area contributed by atoms with Crippen LogP contribution in [0.5, 0.6) is 0 Å². The van der Waals surface area contributed by atoms with Crippen LogP contribution in [-0.2, 0) is 28.7 Å². The Morgan fingerprint density at radius 2 is 2.00 bits per heavy atom. The molecule has 0 spiro atoms. The number of aromatic nitrogens is 1. The lowest BCUT2D eigenvalue weighted by atomic mass is 10.1. The van der Waals surface area contributed by atoms with E-state index in [0.717, 1.165) is 13.3 Å². The summed E-state index contributed by atoms with van der Waals surface area (Å²) < 4.78 is 22.7. The molecule has 3 rings (SSSR count). The van der Waals surface area contributed by atoms with E-state index in [2.05, 4.69) is 25.5 Å². The molecule has 10 nitrogen and oxygen atoms in total. The average molecular weight is 436 g/mol. The van der Waals surface area contributed by atoms with Crippen LogP contribution in [0, 0.1) is 5.13 Å². The average Bonchev–Trinajstić information content (AvgIpc) is 3.40. The molecule has 2 N–H and O–H groups in total. The number of carbonyl (C=O) groups is 3. The Balaban J connectivity index is 1.78. The molecule has 1 aromatic heterocycles. The SMILES string of the molecule is COC(=O)C(=O)Nc1ccc(C(=NO[C@@H]2CCOC2)C(=O)Nc2ncc(F)s2)cc1. The molecule has 1 aromatic carbocycles. The standard InChI is InChI=1S/C18H17FN4O6S/c1-27-17(26)16(25)21-11-4-2-10(3-5-11)14(23-29-12-6-7-28-9-12)15(24)22-18-20-8-13(19)30-18/h2-5,8,12H,6-7,9H2,1H3,(H,21,25)(H,20,22,24)/t12-/m1/s1. The number of hydrogen-bond acceptors (Lipinski definition) is 9. The van der Waals surface area contributed by atoms with E-state index in [1.807, 2.05) is 0 Å².